The van der Waals surface area contributed by atoms with Crippen molar-refractivity contribution in [1.29, 1.82) is 0 Å². The first kappa shape index (κ1) is 15.4. The molecule has 0 bridgehead atoms. The van der Waals surface area contributed by atoms with Crippen LogP contribution in [0.15, 0.2) is 32.0 Å². The first-order chi connectivity index (χ1) is 8.92. The highest BCUT2D eigenvalue weighted by Gasteiger charge is 2.33. The van der Waals surface area contributed by atoms with Gasteiger partial charge in [-0.1, -0.05) is 15.9 Å². The summed E-state index contributed by atoms with van der Waals surface area (Å²) in [6, 6.07) is 5.05. The first-order valence-electron chi connectivity index (χ1n) is 6.01. The molecule has 1 aromatic carbocycles. The number of hydrogen-bond acceptors (Lipinski definition) is 3. The predicted octanol–water partition coefficient (Wildman–Crippen LogP) is 3.06. The van der Waals surface area contributed by atoms with Crippen molar-refractivity contribution in [2.75, 3.05) is 6.61 Å². The Balaban J connectivity index is 2.05. The third-order valence-electron chi connectivity index (χ3n) is 3.00. The average Bonchev–Trinajstić information content (AvgIpc) is 2.29. The smallest absolute Gasteiger partial charge is 0.241 e. The molecule has 0 spiro atoms. The molecule has 0 amide bonds. The van der Waals surface area contributed by atoms with E-state index < -0.39 is 10.0 Å². The normalized spacial score (nSPS) is 23.1. The van der Waals surface area contributed by atoms with E-state index in [9.17, 15) is 8.42 Å². The highest BCUT2D eigenvalue weighted by atomic mass is 79.9. The summed E-state index contributed by atoms with van der Waals surface area (Å²) < 4.78 is 34.0. The Morgan fingerprint density at radius 2 is 2.05 bits per heavy atom. The second-order valence-electron chi connectivity index (χ2n) is 4.44. The van der Waals surface area contributed by atoms with Crippen LogP contribution in [0.1, 0.15) is 19.8 Å². The summed E-state index contributed by atoms with van der Waals surface area (Å²) in [5.41, 5.74) is 0. The summed E-state index contributed by atoms with van der Waals surface area (Å²) in [7, 11) is -3.49. The minimum Gasteiger partial charge on any atom is -0.378 e. The minimum atomic E-state index is -3.49. The van der Waals surface area contributed by atoms with E-state index >= 15 is 0 Å². The van der Waals surface area contributed by atoms with Gasteiger partial charge >= 0.3 is 0 Å². The Morgan fingerprint density at radius 1 is 1.37 bits per heavy atom. The van der Waals surface area contributed by atoms with E-state index in [0.717, 1.165) is 17.3 Å². The van der Waals surface area contributed by atoms with Gasteiger partial charge in [0.15, 0.2) is 0 Å². The summed E-state index contributed by atoms with van der Waals surface area (Å²) in [6.07, 6.45) is 1.65. The van der Waals surface area contributed by atoms with Crippen molar-refractivity contribution < 1.29 is 13.2 Å². The molecule has 106 valence electrons. The molecule has 1 N–H and O–H groups in total. The standard InChI is InChI=1S/C12H15Br2NO3S/c1-2-18-10-6-9(7-10)15-19(16,17)12-5-8(13)3-4-11(12)14/h3-5,9-10,15H,2,6-7H2,1H3. The molecule has 1 saturated carbocycles. The molecule has 1 aliphatic carbocycles. The summed E-state index contributed by atoms with van der Waals surface area (Å²) >= 11 is 6.55. The van der Waals surface area contributed by atoms with Crippen molar-refractivity contribution in [3.63, 3.8) is 0 Å². The van der Waals surface area contributed by atoms with Crippen LogP contribution in [0.4, 0.5) is 0 Å². The van der Waals surface area contributed by atoms with Crippen molar-refractivity contribution in [1.82, 2.24) is 4.72 Å². The van der Waals surface area contributed by atoms with Crippen LogP contribution in [0.2, 0.25) is 0 Å². The Bertz CT molecular complexity index is 556. The molecular weight excluding hydrogens is 398 g/mol. The van der Waals surface area contributed by atoms with Crippen molar-refractivity contribution >= 4 is 41.9 Å². The van der Waals surface area contributed by atoms with Crippen LogP contribution in [0.3, 0.4) is 0 Å². The zero-order valence-corrected chi connectivity index (χ0v) is 14.4. The zero-order chi connectivity index (χ0) is 14.0. The molecule has 0 aromatic heterocycles. The van der Waals surface area contributed by atoms with E-state index in [0.29, 0.717) is 11.1 Å². The van der Waals surface area contributed by atoms with Gasteiger partial charge in [0.25, 0.3) is 0 Å². The van der Waals surface area contributed by atoms with Gasteiger partial charge in [0, 0.05) is 21.6 Å². The van der Waals surface area contributed by atoms with Crippen LogP contribution < -0.4 is 4.72 Å². The highest BCUT2D eigenvalue weighted by molar-refractivity contribution is 9.11. The number of rotatable bonds is 5. The number of halogens is 2. The SMILES string of the molecule is CCOC1CC(NS(=O)(=O)c2cc(Br)ccc2Br)C1. The Morgan fingerprint density at radius 3 is 2.68 bits per heavy atom. The summed E-state index contributed by atoms with van der Waals surface area (Å²) in [4.78, 5) is 0.252. The van der Waals surface area contributed by atoms with Gasteiger partial charge in [-0.25, -0.2) is 13.1 Å². The van der Waals surface area contributed by atoms with Crippen LogP contribution in [0, 0.1) is 0 Å². The molecular formula is C12H15Br2NO3S. The second-order valence-corrected chi connectivity index (χ2v) is 7.89. The number of sulfonamides is 1. The summed E-state index contributed by atoms with van der Waals surface area (Å²) in [6.45, 7) is 2.61. The summed E-state index contributed by atoms with van der Waals surface area (Å²) in [5.74, 6) is 0. The Labute approximate surface area is 130 Å². The monoisotopic (exact) mass is 411 g/mol. The largest absolute Gasteiger partial charge is 0.378 e. The van der Waals surface area contributed by atoms with E-state index in [2.05, 4.69) is 36.6 Å². The van der Waals surface area contributed by atoms with Crippen molar-refractivity contribution in [3.8, 4) is 0 Å². The number of hydrogen-bond donors (Lipinski definition) is 1. The van der Waals surface area contributed by atoms with Crippen molar-refractivity contribution in [2.45, 2.75) is 36.8 Å². The fraction of sp³-hybridized carbons (Fsp3) is 0.500. The van der Waals surface area contributed by atoms with Crippen LogP contribution in [-0.4, -0.2) is 27.2 Å². The molecule has 0 saturated heterocycles. The fourth-order valence-corrected chi connectivity index (χ4v) is 4.76. The highest BCUT2D eigenvalue weighted by Crippen LogP contribution is 2.29. The second kappa shape index (κ2) is 6.22. The lowest BCUT2D eigenvalue weighted by atomic mass is 9.90. The zero-order valence-electron chi connectivity index (χ0n) is 10.4. The maximum atomic E-state index is 12.3. The van der Waals surface area contributed by atoms with E-state index in [-0.39, 0.29) is 17.0 Å². The molecule has 19 heavy (non-hydrogen) atoms. The molecule has 0 unspecified atom stereocenters. The number of benzene rings is 1. The van der Waals surface area contributed by atoms with Gasteiger partial charge < -0.3 is 4.74 Å². The lowest BCUT2D eigenvalue weighted by molar-refractivity contribution is -0.00476. The molecule has 1 aromatic rings. The van der Waals surface area contributed by atoms with Crippen molar-refractivity contribution in [2.24, 2.45) is 0 Å². The van der Waals surface area contributed by atoms with Crippen LogP contribution in [0.25, 0.3) is 0 Å². The quantitative estimate of drug-likeness (QED) is 0.808. The molecule has 0 aliphatic heterocycles. The van der Waals surface area contributed by atoms with E-state index in [1.165, 1.54) is 0 Å². The Hall–Kier alpha value is 0.0500. The van der Waals surface area contributed by atoms with Gasteiger partial charge in [-0.3, -0.25) is 0 Å². The van der Waals surface area contributed by atoms with Crippen LogP contribution in [-0.2, 0) is 14.8 Å². The molecule has 4 nitrogen and oxygen atoms in total. The van der Waals surface area contributed by atoms with E-state index in [1.54, 1.807) is 18.2 Å². The van der Waals surface area contributed by atoms with E-state index in [4.69, 9.17) is 4.74 Å². The van der Waals surface area contributed by atoms with Gasteiger partial charge in [0.05, 0.1) is 11.0 Å². The molecule has 7 heteroatoms. The molecule has 1 fully saturated rings. The maximum absolute atomic E-state index is 12.3. The molecule has 0 atom stereocenters. The van der Waals surface area contributed by atoms with Crippen LogP contribution in [0.5, 0.6) is 0 Å². The van der Waals surface area contributed by atoms with Gasteiger partial charge in [-0.15, -0.1) is 0 Å². The molecule has 0 radical (unpaired) electrons. The lowest BCUT2D eigenvalue weighted by Gasteiger charge is -2.35. The minimum absolute atomic E-state index is 0.0348. The average molecular weight is 413 g/mol. The van der Waals surface area contributed by atoms with Gasteiger partial charge in [0.2, 0.25) is 10.0 Å². The topological polar surface area (TPSA) is 55.4 Å². The first-order valence-corrected chi connectivity index (χ1v) is 9.08. The van der Waals surface area contributed by atoms with Crippen molar-refractivity contribution in [3.05, 3.63) is 27.1 Å². The third kappa shape index (κ3) is 3.78. The molecule has 2 rings (SSSR count). The fourth-order valence-electron chi connectivity index (χ4n) is 2.00. The number of nitrogens with one attached hydrogen (secondary N) is 1. The van der Waals surface area contributed by atoms with E-state index in [1.807, 2.05) is 6.92 Å². The third-order valence-corrected chi connectivity index (χ3v) is 6.01. The predicted molar refractivity (Wildman–Crippen MR) is 80.6 cm³/mol. The molecule has 1 aliphatic rings. The van der Waals surface area contributed by atoms with Crippen LogP contribution >= 0.6 is 31.9 Å². The molecule has 0 heterocycles. The Kier molecular flexibility index (Phi) is 5.05. The lowest BCUT2D eigenvalue weighted by Crippen LogP contribution is -2.47. The van der Waals surface area contributed by atoms with Gasteiger partial charge in [-0.2, -0.15) is 0 Å². The maximum Gasteiger partial charge on any atom is 0.241 e. The summed E-state index contributed by atoms with van der Waals surface area (Å²) in [5, 5.41) is 0. The number of ether oxygens (including phenoxy) is 1. The van der Waals surface area contributed by atoms with Gasteiger partial charge in [-0.05, 0) is 53.9 Å². The van der Waals surface area contributed by atoms with Gasteiger partial charge in [0.1, 0.15) is 0 Å².